The van der Waals surface area contributed by atoms with Gasteiger partial charge in [0.2, 0.25) is 0 Å². The van der Waals surface area contributed by atoms with Crippen LogP contribution in [-0.4, -0.2) is 15.8 Å². The van der Waals surface area contributed by atoms with Gasteiger partial charge in [-0.25, -0.2) is 4.68 Å². The molecule has 0 aliphatic heterocycles. The highest BCUT2D eigenvalue weighted by Crippen LogP contribution is 2.17. The molecule has 4 heteroatoms. The molecule has 2 rings (SSSR count). The maximum atomic E-state index is 4.37. The molecular weight excluding hydrogens is 337 g/mol. The van der Waals surface area contributed by atoms with Crippen molar-refractivity contribution in [1.82, 2.24) is 15.1 Å². The van der Waals surface area contributed by atoms with Crippen LogP contribution in [0.4, 0.5) is 0 Å². The second kappa shape index (κ2) is 5.84. The molecule has 0 saturated carbocycles. The number of aryl methyl sites for hydroxylation is 1. The number of hydrogen-bond donors (Lipinski definition) is 1. The van der Waals surface area contributed by atoms with Crippen molar-refractivity contribution in [1.29, 1.82) is 0 Å². The maximum absolute atomic E-state index is 4.37. The summed E-state index contributed by atoms with van der Waals surface area (Å²) in [6.45, 7) is 7.32. The van der Waals surface area contributed by atoms with Gasteiger partial charge in [-0.1, -0.05) is 26.0 Å². The van der Waals surface area contributed by atoms with Gasteiger partial charge < -0.3 is 5.32 Å². The van der Waals surface area contributed by atoms with E-state index in [1.54, 1.807) is 0 Å². The SMILES string of the molecule is Cc1ccc(CNC(C)C)cc1-n1cc(I)cn1. The topological polar surface area (TPSA) is 29.9 Å². The van der Waals surface area contributed by atoms with Gasteiger partial charge in [0.15, 0.2) is 0 Å². The number of benzene rings is 1. The van der Waals surface area contributed by atoms with Crippen molar-refractivity contribution >= 4 is 22.6 Å². The van der Waals surface area contributed by atoms with Crippen LogP contribution >= 0.6 is 22.6 Å². The van der Waals surface area contributed by atoms with Gasteiger partial charge in [0.25, 0.3) is 0 Å². The van der Waals surface area contributed by atoms with E-state index < -0.39 is 0 Å². The molecule has 18 heavy (non-hydrogen) atoms. The minimum Gasteiger partial charge on any atom is -0.310 e. The second-order valence-electron chi connectivity index (χ2n) is 4.76. The number of aromatic nitrogens is 2. The summed E-state index contributed by atoms with van der Waals surface area (Å²) in [6.07, 6.45) is 3.92. The third-order valence-corrected chi connectivity index (χ3v) is 3.34. The fourth-order valence-corrected chi connectivity index (χ4v) is 2.15. The third kappa shape index (κ3) is 3.32. The monoisotopic (exact) mass is 355 g/mol. The fourth-order valence-electron chi connectivity index (χ4n) is 1.77. The van der Waals surface area contributed by atoms with Gasteiger partial charge >= 0.3 is 0 Å². The quantitative estimate of drug-likeness (QED) is 0.853. The molecule has 1 aromatic heterocycles. The van der Waals surface area contributed by atoms with Crippen LogP contribution in [0.3, 0.4) is 0 Å². The number of halogens is 1. The van der Waals surface area contributed by atoms with Gasteiger partial charge in [0, 0.05) is 18.8 Å². The van der Waals surface area contributed by atoms with Crippen LogP contribution in [0, 0.1) is 10.5 Å². The Morgan fingerprint density at radius 2 is 2.17 bits per heavy atom. The molecule has 96 valence electrons. The Kier molecular flexibility index (Phi) is 4.40. The zero-order valence-electron chi connectivity index (χ0n) is 10.9. The van der Waals surface area contributed by atoms with E-state index in [4.69, 9.17) is 0 Å². The summed E-state index contributed by atoms with van der Waals surface area (Å²) in [4.78, 5) is 0. The van der Waals surface area contributed by atoms with Crippen molar-refractivity contribution in [2.45, 2.75) is 33.4 Å². The van der Waals surface area contributed by atoms with E-state index in [-0.39, 0.29) is 0 Å². The van der Waals surface area contributed by atoms with E-state index in [1.165, 1.54) is 11.1 Å². The number of rotatable bonds is 4. The first kappa shape index (κ1) is 13.5. The number of hydrogen-bond acceptors (Lipinski definition) is 2. The lowest BCUT2D eigenvalue weighted by molar-refractivity contribution is 0.588. The van der Waals surface area contributed by atoms with Crippen LogP contribution in [0.2, 0.25) is 0 Å². The first-order chi connectivity index (χ1) is 8.56. The summed E-state index contributed by atoms with van der Waals surface area (Å²) < 4.78 is 3.09. The van der Waals surface area contributed by atoms with Gasteiger partial charge in [-0.2, -0.15) is 5.10 Å². The van der Waals surface area contributed by atoms with E-state index in [2.05, 4.69) is 72.0 Å². The Morgan fingerprint density at radius 3 is 2.78 bits per heavy atom. The highest BCUT2D eigenvalue weighted by Gasteiger charge is 2.05. The Morgan fingerprint density at radius 1 is 1.39 bits per heavy atom. The molecule has 1 N–H and O–H groups in total. The van der Waals surface area contributed by atoms with Crippen LogP contribution in [-0.2, 0) is 6.54 Å². The highest BCUT2D eigenvalue weighted by atomic mass is 127. The van der Waals surface area contributed by atoms with Crippen molar-refractivity contribution in [3.8, 4) is 5.69 Å². The van der Waals surface area contributed by atoms with Crippen molar-refractivity contribution in [2.75, 3.05) is 0 Å². The van der Waals surface area contributed by atoms with E-state index >= 15 is 0 Å². The molecular formula is C14H18IN3. The van der Waals surface area contributed by atoms with E-state index in [0.717, 1.165) is 15.8 Å². The molecule has 0 saturated heterocycles. The molecule has 0 atom stereocenters. The molecule has 0 bridgehead atoms. The van der Waals surface area contributed by atoms with Crippen molar-refractivity contribution in [3.05, 3.63) is 45.3 Å². The smallest absolute Gasteiger partial charge is 0.0678 e. The first-order valence-corrected chi connectivity index (χ1v) is 7.17. The first-order valence-electron chi connectivity index (χ1n) is 6.09. The van der Waals surface area contributed by atoms with Crippen LogP contribution in [0.1, 0.15) is 25.0 Å². The average Bonchev–Trinajstić information content (AvgIpc) is 2.74. The molecule has 0 radical (unpaired) electrons. The van der Waals surface area contributed by atoms with E-state index in [0.29, 0.717) is 6.04 Å². The standard InChI is InChI=1S/C14H18IN3/c1-10(2)16-7-12-5-4-11(3)14(6-12)18-9-13(15)8-17-18/h4-6,8-10,16H,7H2,1-3H3. The van der Waals surface area contributed by atoms with Gasteiger partial charge in [0.1, 0.15) is 0 Å². The Bertz CT molecular complexity index is 532. The molecule has 3 nitrogen and oxygen atoms in total. The summed E-state index contributed by atoms with van der Waals surface area (Å²) in [5.41, 5.74) is 3.68. The molecule has 0 spiro atoms. The Balaban J connectivity index is 2.27. The van der Waals surface area contributed by atoms with Crippen molar-refractivity contribution < 1.29 is 0 Å². The fraction of sp³-hybridized carbons (Fsp3) is 0.357. The summed E-state index contributed by atoms with van der Waals surface area (Å²) in [5, 5.41) is 7.81. The maximum Gasteiger partial charge on any atom is 0.0678 e. The molecule has 0 aliphatic carbocycles. The average molecular weight is 355 g/mol. The molecule has 2 aromatic rings. The van der Waals surface area contributed by atoms with Crippen molar-refractivity contribution in [2.24, 2.45) is 0 Å². The molecule has 0 fully saturated rings. The van der Waals surface area contributed by atoms with Gasteiger partial charge in [0.05, 0.1) is 15.5 Å². The summed E-state index contributed by atoms with van der Waals surface area (Å²) >= 11 is 2.28. The van der Waals surface area contributed by atoms with E-state index in [1.807, 2.05) is 17.1 Å². The molecule has 0 amide bonds. The summed E-state index contributed by atoms with van der Waals surface area (Å²) in [5.74, 6) is 0. The lowest BCUT2D eigenvalue weighted by atomic mass is 10.1. The van der Waals surface area contributed by atoms with Crippen LogP contribution in [0.25, 0.3) is 5.69 Å². The normalized spacial score (nSPS) is 11.2. The molecule has 1 heterocycles. The molecule has 0 aliphatic rings. The van der Waals surface area contributed by atoms with Crippen LogP contribution in [0.15, 0.2) is 30.6 Å². The minimum atomic E-state index is 0.500. The van der Waals surface area contributed by atoms with E-state index in [9.17, 15) is 0 Å². The summed E-state index contributed by atoms with van der Waals surface area (Å²) in [6, 6.07) is 7.03. The van der Waals surface area contributed by atoms with Crippen LogP contribution in [0.5, 0.6) is 0 Å². The summed E-state index contributed by atoms with van der Waals surface area (Å²) in [7, 11) is 0. The third-order valence-electron chi connectivity index (χ3n) is 2.79. The molecule has 1 aromatic carbocycles. The van der Waals surface area contributed by atoms with Gasteiger partial charge in [-0.05, 0) is 46.7 Å². The number of nitrogens with zero attached hydrogens (tertiary/aromatic N) is 2. The zero-order valence-corrected chi connectivity index (χ0v) is 13.1. The van der Waals surface area contributed by atoms with Crippen molar-refractivity contribution in [3.63, 3.8) is 0 Å². The highest BCUT2D eigenvalue weighted by molar-refractivity contribution is 14.1. The Labute approximate surface area is 122 Å². The lowest BCUT2D eigenvalue weighted by Crippen LogP contribution is -2.21. The number of nitrogens with one attached hydrogen (secondary N) is 1. The lowest BCUT2D eigenvalue weighted by Gasteiger charge is -2.11. The predicted molar refractivity (Wildman–Crippen MR) is 83.0 cm³/mol. The zero-order chi connectivity index (χ0) is 13.1. The second-order valence-corrected chi connectivity index (χ2v) is 6.01. The largest absolute Gasteiger partial charge is 0.310 e. The van der Waals surface area contributed by atoms with Gasteiger partial charge in [-0.3, -0.25) is 0 Å². The van der Waals surface area contributed by atoms with Crippen LogP contribution < -0.4 is 5.32 Å². The molecule has 0 unspecified atom stereocenters. The Hall–Kier alpha value is -0.880. The predicted octanol–water partition coefficient (Wildman–Crippen LogP) is 3.28. The minimum absolute atomic E-state index is 0.500. The van der Waals surface area contributed by atoms with Gasteiger partial charge in [-0.15, -0.1) is 0 Å².